The third-order valence-corrected chi connectivity index (χ3v) is 6.01. The molecule has 0 aromatic heterocycles. The molecular weight excluding hydrogens is 366 g/mol. The molecule has 0 bridgehead atoms. The molecule has 150 valence electrons. The number of hydrogen-bond acceptors (Lipinski definition) is 7. The summed E-state index contributed by atoms with van der Waals surface area (Å²) in [5, 5.41) is 11.8. The molecule has 2 aliphatic rings. The highest BCUT2D eigenvalue weighted by Gasteiger charge is 2.63. The molecule has 2 aliphatic carbocycles. The van der Waals surface area contributed by atoms with Gasteiger partial charge in [0, 0.05) is 23.3 Å². The Bertz CT molecular complexity index is 791. The SMILES string of the molecule is COc1cc(C=O)ccc1OCCC1([N+](=O)[O-])C(=O)CC2(CCCC2)CC1=O. The molecule has 8 nitrogen and oxygen atoms in total. The highest BCUT2D eigenvalue weighted by molar-refractivity contribution is 6.12. The van der Waals surface area contributed by atoms with Gasteiger partial charge in [0.1, 0.15) is 6.29 Å². The molecule has 8 heteroatoms. The first kappa shape index (κ1) is 20.0. The molecule has 28 heavy (non-hydrogen) atoms. The number of nitrogens with zero attached hydrogens (tertiary/aromatic N) is 1. The Morgan fingerprint density at radius 1 is 1.14 bits per heavy atom. The minimum Gasteiger partial charge on any atom is -0.493 e. The lowest BCUT2D eigenvalue weighted by molar-refractivity contribution is -0.538. The van der Waals surface area contributed by atoms with Crippen molar-refractivity contribution in [2.24, 2.45) is 5.41 Å². The van der Waals surface area contributed by atoms with Gasteiger partial charge in [-0.2, -0.15) is 0 Å². The quantitative estimate of drug-likeness (QED) is 0.305. The summed E-state index contributed by atoms with van der Waals surface area (Å²) in [4.78, 5) is 47.5. The van der Waals surface area contributed by atoms with Crippen molar-refractivity contribution in [3.63, 3.8) is 0 Å². The number of rotatable bonds is 7. The van der Waals surface area contributed by atoms with Crippen LogP contribution in [0.1, 0.15) is 55.3 Å². The normalized spacial score (nSPS) is 20.2. The number of nitro groups is 1. The van der Waals surface area contributed by atoms with Crippen LogP contribution in [0.15, 0.2) is 18.2 Å². The summed E-state index contributed by atoms with van der Waals surface area (Å²) >= 11 is 0. The summed E-state index contributed by atoms with van der Waals surface area (Å²) in [5.41, 5.74) is -2.22. The molecule has 0 atom stereocenters. The number of ketones is 2. The lowest BCUT2D eigenvalue weighted by Crippen LogP contribution is -2.59. The molecule has 3 rings (SSSR count). The minimum atomic E-state index is -2.23. The molecule has 1 aromatic rings. The second-order valence-electron chi connectivity index (χ2n) is 7.65. The van der Waals surface area contributed by atoms with Gasteiger partial charge < -0.3 is 9.47 Å². The van der Waals surface area contributed by atoms with Crippen LogP contribution in [0.4, 0.5) is 0 Å². The number of aldehydes is 1. The van der Waals surface area contributed by atoms with Crippen LogP contribution in [0.25, 0.3) is 0 Å². The van der Waals surface area contributed by atoms with Crippen LogP contribution in [0.2, 0.25) is 0 Å². The maximum Gasteiger partial charge on any atom is 0.339 e. The number of methoxy groups -OCH3 is 1. The fourth-order valence-electron chi connectivity index (χ4n) is 4.43. The van der Waals surface area contributed by atoms with Crippen molar-refractivity contribution in [3.8, 4) is 11.5 Å². The average molecular weight is 389 g/mol. The Hall–Kier alpha value is -2.77. The van der Waals surface area contributed by atoms with Crippen molar-refractivity contribution in [1.82, 2.24) is 0 Å². The van der Waals surface area contributed by atoms with Crippen LogP contribution in [0, 0.1) is 15.5 Å². The Morgan fingerprint density at radius 2 is 1.79 bits per heavy atom. The van der Waals surface area contributed by atoms with E-state index in [1.807, 2.05) is 0 Å². The van der Waals surface area contributed by atoms with Crippen molar-refractivity contribution in [1.29, 1.82) is 0 Å². The first-order chi connectivity index (χ1) is 13.4. The first-order valence-electron chi connectivity index (χ1n) is 9.34. The van der Waals surface area contributed by atoms with Crippen molar-refractivity contribution in [3.05, 3.63) is 33.9 Å². The maximum atomic E-state index is 12.8. The van der Waals surface area contributed by atoms with E-state index in [1.54, 1.807) is 0 Å². The zero-order valence-corrected chi connectivity index (χ0v) is 15.8. The van der Waals surface area contributed by atoms with Crippen molar-refractivity contribution in [2.75, 3.05) is 13.7 Å². The van der Waals surface area contributed by atoms with E-state index in [0.29, 0.717) is 17.6 Å². The highest BCUT2D eigenvalue weighted by Crippen LogP contribution is 2.49. The third-order valence-electron chi connectivity index (χ3n) is 6.01. The molecule has 1 aromatic carbocycles. The molecule has 0 aliphatic heterocycles. The van der Waals surface area contributed by atoms with Crippen LogP contribution < -0.4 is 9.47 Å². The van der Waals surface area contributed by atoms with Gasteiger partial charge in [-0.3, -0.25) is 24.5 Å². The summed E-state index contributed by atoms with van der Waals surface area (Å²) in [6.45, 7) is -0.192. The van der Waals surface area contributed by atoms with Gasteiger partial charge in [0.25, 0.3) is 0 Å². The minimum absolute atomic E-state index is 0.0804. The Morgan fingerprint density at radius 3 is 2.32 bits per heavy atom. The van der Waals surface area contributed by atoms with Crippen molar-refractivity contribution >= 4 is 17.9 Å². The van der Waals surface area contributed by atoms with E-state index < -0.39 is 22.0 Å². The van der Waals surface area contributed by atoms with E-state index in [2.05, 4.69) is 0 Å². The average Bonchev–Trinajstić information content (AvgIpc) is 3.11. The predicted molar refractivity (Wildman–Crippen MR) is 98.4 cm³/mol. The van der Waals surface area contributed by atoms with Crippen molar-refractivity contribution < 1.29 is 28.8 Å². The molecule has 0 radical (unpaired) electrons. The lowest BCUT2D eigenvalue weighted by atomic mass is 9.64. The fraction of sp³-hybridized carbons (Fsp3) is 0.550. The van der Waals surface area contributed by atoms with Gasteiger partial charge in [-0.15, -0.1) is 0 Å². The highest BCUT2D eigenvalue weighted by atomic mass is 16.6. The van der Waals surface area contributed by atoms with E-state index in [-0.39, 0.29) is 37.0 Å². The monoisotopic (exact) mass is 389 g/mol. The van der Waals surface area contributed by atoms with E-state index in [1.165, 1.54) is 25.3 Å². The van der Waals surface area contributed by atoms with Gasteiger partial charge in [0.15, 0.2) is 11.5 Å². The number of Topliss-reactive ketones (excluding diaryl/α,β-unsaturated/α-hetero) is 2. The predicted octanol–water partition coefficient (Wildman–Crippen LogP) is 2.78. The summed E-state index contributed by atoms with van der Waals surface area (Å²) in [5.74, 6) is -0.634. The number of ether oxygens (including phenoxy) is 2. The van der Waals surface area contributed by atoms with Crippen LogP contribution >= 0.6 is 0 Å². The van der Waals surface area contributed by atoms with E-state index >= 15 is 0 Å². The largest absolute Gasteiger partial charge is 0.493 e. The van der Waals surface area contributed by atoms with Gasteiger partial charge in [-0.1, -0.05) is 12.8 Å². The summed E-state index contributed by atoms with van der Waals surface area (Å²) in [6.07, 6.45) is 3.94. The first-order valence-corrected chi connectivity index (χ1v) is 9.34. The van der Waals surface area contributed by atoms with E-state index in [9.17, 15) is 24.5 Å². The maximum absolute atomic E-state index is 12.8. The van der Waals surface area contributed by atoms with Crippen molar-refractivity contribution in [2.45, 2.75) is 50.5 Å². The van der Waals surface area contributed by atoms with Crippen LogP contribution in [0.5, 0.6) is 11.5 Å². The summed E-state index contributed by atoms with van der Waals surface area (Å²) in [6, 6.07) is 4.51. The van der Waals surface area contributed by atoms with E-state index in [0.717, 1.165) is 25.7 Å². The second kappa shape index (κ2) is 7.69. The standard InChI is InChI=1S/C20H23NO7/c1-27-16-10-14(13-22)4-5-15(16)28-9-8-20(21(25)26)17(23)11-19(12-18(20)24)6-2-3-7-19/h4-5,10,13H,2-3,6-9,11-12H2,1H3. The molecule has 0 N–H and O–H groups in total. The Kier molecular flexibility index (Phi) is 5.49. The number of benzene rings is 1. The third kappa shape index (κ3) is 3.39. The Labute approximate surface area is 162 Å². The lowest BCUT2D eigenvalue weighted by Gasteiger charge is -2.37. The molecule has 0 heterocycles. The van der Waals surface area contributed by atoms with Gasteiger partial charge >= 0.3 is 5.54 Å². The van der Waals surface area contributed by atoms with Crippen LogP contribution in [-0.4, -0.2) is 42.0 Å². The summed E-state index contributed by atoms with van der Waals surface area (Å²) in [7, 11) is 1.41. The molecule has 0 saturated heterocycles. The van der Waals surface area contributed by atoms with Gasteiger partial charge in [-0.25, -0.2) is 0 Å². The number of carbonyl (C=O) groups is 3. The zero-order chi connectivity index (χ0) is 20.4. The molecule has 0 amide bonds. The Balaban J connectivity index is 1.75. The molecule has 0 unspecified atom stereocenters. The van der Waals surface area contributed by atoms with Gasteiger partial charge in [0.2, 0.25) is 11.6 Å². The smallest absolute Gasteiger partial charge is 0.339 e. The van der Waals surface area contributed by atoms with Gasteiger partial charge in [0.05, 0.1) is 20.1 Å². The zero-order valence-electron chi connectivity index (χ0n) is 15.8. The second-order valence-corrected chi connectivity index (χ2v) is 7.65. The van der Waals surface area contributed by atoms with Gasteiger partial charge in [-0.05, 0) is 36.5 Å². The number of carbonyl (C=O) groups excluding carboxylic acids is 3. The molecule has 2 saturated carbocycles. The fourth-order valence-corrected chi connectivity index (χ4v) is 4.43. The summed E-state index contributed by atoms with van der Waals surface area (Å²) < 4.78 is 10.7. The van der Waals surface area contributed by atoms with E-state index in [4.69, 9.17) is 9.47 Å². The molecular formula is C20H23NO7. The van der Waals surface area contributed by atoms with Crippen LogP contribution in [0.3, 0.4) is 0 Å². The van der Waals surface area contributed by atoms with Crippen LogP contribution in [-0.2, 0) is 9.59 Å². The number of hydrogen-bond donors (Lipinski definition) is 0. The molecule has 2 fully saturated rings. The molecule has 1 spiro atoms. The topological polar surface area (TPSA) is 113 Å².